The number of ether oxygens (including phenoxy) is 7. The van der Waals surface area contributed by atoms with Crippen molar-refractivity contribution in [1.29, 1.82) is 0 Å². The number of rotatable bonds is 12. The summed E-state index contributed by atoms with van der Waals surface area (Å²) in [6, 6.07) is 4.61. The predicted molar refractivity (Wildman–Crippen MR) is 189 cm³/mol. The molecule has 0 N–H and O–H groups in total. The highest BCUT2D eigenvalue weighted by Gasteiger charge is 2.52. The highest BCUT2D eigenvalue weighted by molar-refractivity contribution is 5.79. The highest BCUT2D eigenvalue weighted by Crippen LogP contribution is 2.45. The number of carbonyl (C=O) groups excluding carboxylic acids is 2. The number of carbonyl (C=O) groups is 2. The molecule has 0 saturated carbocycles. The van der Waals surface area contributed by atoms with Crippen molar-refractivity contribution in [2.24, 2.45) is 17.3 Å². The first-order chi connectivity index (χ1) is 22.8. The average Bonchev–Trinajstić information content (AvgIpc) is 3.40. The number of amides is 1. The molecular formula is C39H61NO9. The van der Waals surface area contributed by atoms with Crippen molar-refractivity contribution in [2.75, 3.05) is 14.2 Å². The fraction of sp³-hybridized carbons (Fsp3) is 0.692. The minimum absolute atomic E-state index is 0.00236. The van der Waals surface area contributed by atoms with E-state index in [-0.39, 0.29) is 29.5 Å². The molecule has 2 aliphatic heterocycles. The molecule has 1 aromatic rings. The first-order valence-corrected chi connectivity index (χ1v) is 17.5. The Hall–Kier alpha value is -3.08. The predicted octanol–water partition coefficient (Wildman–Crippen LogP) is 8.39. The van der Waals surface area contributed by atoms with Gasteiger partial charge in [0.2, 0.25) is 0 Å². The quantitative estimate of drug-likeness (QED) is 0.158. The van der Waals surface area contributed by atoms with E-state index in [1.54, 1.807) is 52.2 Å². The summed E-state index contributed by atoms with van der Waals surface area (Å²) >= 11 is 0. The summed E-state index contributed by atoms with van der Waals surface area (Å²) in [4.78, 5) is 29.6. The maximum atomic E-state index is 14.1. The van der Waals surface area contributed by atoms with E-state index < -0.39 is 48.4 Å². The minimum atomic E-state index is -1.07. The SMILES string of the molecule is C=CC1O[C@@H](CC)C(C)(C)[C@H](C(C)/C(C)=C(\C)[C@H](C)OC(=O)[C@@H]2OC(c3ccc(OC)cc3OC)N(C(=O)OC(C)(C)C)C2CC(C)C)O1. The lowest BCUT2D eigenvalue weighted by Crippen LogP contribution is -2.54. The standard InChI is InChI=1S/C39H61NO9/c1-16-31-39(12,13)34(47-32(17-2)46-31)25(7)23(5)24(6)26(8)45-36(41)33-29(20-22(3)4)40(37(42)49-38(9,10)11)35(48-33)28-19-18-27(43-14)21-30(28)44-15/h17-19,21-22,25-26,29,31-35H,2,16,20H2,1,3-15H3/b24-23+/t25?,26-,29?,31-,32?,33+,34-,35?/m0/s1. The summed E-state index contributed by atoms with van der Waals surface area (Å²) in [6.07, 6.45) is -0.815. The van der Waals surface area contributed by atoms with Crippen LogP contribution in [0, 0.1) is 17.3 Å². The molecule has 0 radical (unpaired) electrons. The zero-order valence-electron chi connectivity index (χ0n) is 32.2. The van der Waals surface area contributed by atoms with Gasteiger partial charge in [-0.25, -0.2) is 9.59 Å². The Bertz CT molecular complexity index is 1350. The third kappa shape index (κ3) is 9.18. The van der Waals surface area contributed by atoms with Crippen LogP contribution in [0.3, 0.4) is 0 Å². The molecule has 4 unspecified atom stereocenters. The van der Waals surface area contributed by atoms with E-state index in [1.165, 1.54) is 12.0 Å². The largest absolute Gasteiger partial charge is 0.497 e. The number of esters is 1. The molecule has 2 fully saturated rings. The summed E-state index contributed by atoms with van der Waals surface area (Å²) < 4.78 is 42.2. The summed E-state index contributed by atoms with van der Waals surface area (Å²) in [5.41, 5.74) is 1.52. The van der Waals surface area contributed by atoms with Crippen LogP contribution in [0.2, 0.25) is 0 Å². The van der Waals surface area contributed by atoms with Gasteiger partial charge in [0.25, 0.3) is 0 Å². The van der Waals surface area contributed by atoms with Crippen LogP contribution in [0.1, 0.15) is 108 Å². The number of hydrogen-bond donors (Lipinski definition) is 0. The van der Waals surface area contributed by atoms with Crippen molar-refractivity contribution >= 4 is 12.1 Å². The van der Waals surface area contributed by atoms with Crippen LogP contribution in [0.5, 0.6) is 11.5 Å². The molecule has 10 heteroatoms. The zero-order valence-corrected chi connectivity index (χ0v) is 32.2. The second-order valence-corrected chi connectivity index (χ2v) is 15.4. The third-order valence-corrected chi connectivity index (χ3v) is 9.86. The molecule has 2 saturated heterocycles. The Morgan fingerprint density at radius 2 is 1.67 bits per heavy atom. The van der Waals surface area contributed by atoms with Crippen molar-refractivity contribution in [1.82, 2.24) is 4.90 Å². The average molecular weight is 688 g/mol. The summed E-state index contributed by atoms with van der Waals surface area (Å²) in [6.45, 7) is 27.9. The zero-order chi connectivity index (χ0) is 37.0. The second-order valence-electron chi connectivity index (χ2n) is 15.4. The molecule has 10 nitrogen and oxygen atoms in total. The molecule has 1 aromatic carbocycles. The van der Waals surface area contributed by atoms with Crippen LogP contribution < -0.4 is 9.47 Å². The maximum absolute atomic E-state index is 14.1. The highest BCUT2D eigenvalue weighted by atomic mass is 16.7. The Labute approximate surface area is 294 Å². The van der Waals surface area contributed by atoms with E-state index in [2.05, 4.69) is 41.2 Å². The van der Waals surface area contributed by atoms with Crippen LogP contribution in [0.4, 0.5) is 4.79 Å². The summed E-state index contributed by atoms with van der Waals surface area (Å²) in [7, 11) is 3.10. The molecule has 8 atom stereocenters. The number of methoxy groups -OCH3 is 2. The molecule has 1 amide bonds. The monoisotopic (exact) mass is 687 g/mol. The molecule has 0 aliphatic carbocycles. The lowest BCUT2D eigenvalue weighted by molar-refractivity contribution is -0.283. The minimum Gasteiger partial charge on any atom is -0.497 e. The lowest BCUT2D eigenvalue weighted by atomic mass is 9.71. The molecular weight excluding hydrogens is 626 g/mol. The molecule has 49 heavy (non-hydrogen) atoms. The van der Waals surface area contributed by atoms with Crippen molar-refractivity contribution in [3.8, 4) is 11.5 Å². The van der Waals surface area contributed by atoms with Crippen LogP contribution in [0.15, 0.2) is 42.0 Å². The topological polar surface area (TPSA) is 102 Å². The van der Waals surface area contributed by atoms with Gasteiger partial charge < -0.3 is 33.2 Å². The number of nitrogens with zero attached hydrogens (tertiary/aromatic N) is 1. The molecule has 2 aliphatic rings. The van der Waals surface area contributed by atoms with E-state index in [4.69, 9.17) is 33.2 Å². The van der Waals surface area contributed by atoms with E-state index in [0.29, 0.717) is 23.5 Å². The molecule has 0 spiro atoms. The smallest absolute Gasteiger partial charge is 0.413 e. The first-order valence-electron chi connectivity index (χ1n) is 17.5. The van der Waals surface area contributed by atoms with E-state index >= 15 is 0 Å². The Morgan fingerprint density at radius 3 is 2.20 bits per heavy atom. The number of hydrogen-bond acceptors (Lipinski definition) is 9. The van der Waals surface area contributed by atoms with Crippen molar-refractivity contribution in [3.05, 3.63) is 47.6 Å². The van der Waals surface area contributed by atoms with Crippen LogP contribution in [-0.4, -0.2) is 73.5 Å². The third-order valence-electron chi connectivity index (χ3n) is 9.86. The van der Waals surface area contributed by atoms with E-state index in [9.17, 15) is 9.59 Å². The van der Waals surface area contributed by atoms with Gasteiger partial charge >= 0.3 is 12.1 Å². The van der Waals surface area contributed by atoms with Crippen molar-refractivity contribution in [2.45, 2.75) is 145 Å². The van der Waals surface area contributed by atoms with Crippen LogP contribution >= 0.6 is 0 Å². The summed E-state index contributed by atoms with van der Waals surface area (Å²) in [5.74, 6) is 0.609. The molecule has 276 valence electrons. The normalized spacial score (nSPS) is 27.2. The molecule has 0 aromatic heterocycles. The van der Waals surface area contributed by atoms with Crippen LogP contribution in [-0.2, 0) is 28.5 Å². The lowest BCUT2D eigenvalue weighted by Gasteiger charge is -2.49. The fourth-order valence-electron chi connectivity index (χ4n) is 6.94. The maximum Gasteiger partial charge on any atom is 0.413 e. The molecule has 3 rings (SSSR count). The van der Waals surface area contributed by atoms with Crippen molar-refractivity contribution < 1.29 is 42.7 Å². The van der Waals surface area contributed by atoms with Gasteiger partial charge in [0, 0.05) is 23.0 Å². The Balaban J connectivity index is 1.97. The van der Waals surface area contributed by atoms with Gasteiger partial charge in [-0.2, -0.15) is 0 Å². The van der Waals surface area contributed by atoms with E-state index in [0.717, 1.165) is 17.6 Å². The summed E-state index contributed by atoms with van der Waals surface area (Å²) in [5, 5.41) is 0. The van der Waals surface area contributed by atoms with Gasteiger partial charge in [-0.1, -0.05) is 53.7 Å². The number of benzene rings is 1. The van der Waals surface area contributed by atoms with Gasteiger partial charge in [-0.05, 0) is 84.1 Å². The van der Waals surface area contributed by atoms with Gasteiger partial charge in [0.15, 0.2) is 18.6 Å². The van der Waals surface area contributed by atoms with Gasteiger partial charge in [-0.3, -0.25) is 4.90 Å². The first kappa shape index (κ1) is 40.4. The molecule has 2 heterocycles. The van der Waals surface area contributed by atoms with Gasteiger partial charge in [-0.15, -0.1) is 0 Å². The second kappa shape index (κ2) is 16.3. The molecule has 0 bridgehead atoms. The fourth-order valence-corrected chi connectivity index (χ4v) is 6.94. The van der Waals surface area contributed by atoms with Crippen molar-refractivity contribution in [3.63, 3.8) is 0 Å². The van der Waals surface area contributed by atoms with E-state index in [1.807, 2.05) is 27.7 Å². The van der Waals surface area contributed by atoms with Crippen LogP contribution in [0.25, 0.3) is 0 Å². The van der Waals surface area contributed by atoms with Gasteiger partial charge in [0.05, 0.1) is 32.5 Å². The van der Waals surface area contributed by atoms with Gasteiger partial charge in [0.1, 0.15) is 23.2 Å². The Morgan fingerprint density at radius 1 is 1.02 bits per heavy atom. The Kier molecular flexibility index (Phi) is 13.4.